The van der Waals surface area contributed by atoms with Crippen molar-refractivity contribution in [1.29, 1.82) is 0 Å². The molecular formula is C21H21BrClN5O2S. The Morgan fingerprint density at radius 2 is 2.19 bits per heavy atom. The van der Waals surface area contributed by atoms with Crippen LogP contribution in [0.3, 0.4) is 0 Å². The first-order chi connectivity index (χ1) is 14.9. The minimum atomic E-state index is -0.134. The molecule has 0 unspecified atom stereocenters. The molecule has 0 atom stereocenters. The highest BCUT2D eigenvalue weighted by Crippen LogP contribution is 2.41. The highest BCUT2D eigenvalue weighted by Gasteiger charge is 2.32. The molecular weight excluding hydrogens is 502 g/mol. The molecule has 1 aliphatic heterocycles. The Morgan fingerprint density at radius 3 is 2.90 bits per heavy atom. The first kappa shape index (κ1) is 20.8. The lowest BCUT2D eigenvalue weighted by Crippen LogP contribution is -2.39. The van der Waals surface area contributed by atoms with Gasteiger partial charge in [-0.2, -0.15) is 5.10 Å². The van der Waals surface area contributed by atoms with Crippen LogP contribution in [0.25, 0.3) is 0 Å². The Kier molecular flexibility index (Phi) is 5.44. The summed E-state index contributed by atoms with van der Waals surface area (Å²) in [5, 5.41) is 4.92. The maximum atomic E-state index is 13.2. The van der Waals surface area contributed by atoms with E-state index in [-0.39, 0.29) is 11.8 Å². The Morgan fingerprint density at radius 1 is 1.39 bits per heavy atom. The number of rotatable bonds is 5. The van der Waals surface area contributed by atoms with Gasteiger partial charge in [0.15, 0.2) is 0 Å². The van der Waals surface area contributed by atoms with E-state index in [0.29, 0.717) is 47.7 Å². The summed E-state index contributed by atoms with van der Waals surface area (Å²) in [4.78, 5) is 33.2. The molecule has 10 heteroatoms. The topological polar surface area (TPSA) is 74.2 Å². The first-order valence-electron chi connectivity index (χ1n) is 10.1. The van der Waals surface area contributed by atoms with Gasteiger partial charge in [0.05, 0.1) is 33.8 Å². The average Bonchev–Trinajstić information content (AvgIpc) is 3.19. The molecule has 7 nitrogen and oxygen atoms in total. The molecule has 5 rings (SSSR count). The van der Waals surface area contributed by atoms with Crippen LogP contribution in [-0.2, 0) is 19.6 Å². The van der Waals surface area contributed by atoms with Gasteiger partial charge in [-0.1, -0.05) is 11.6 Å². The number of hydrogen-bond acceptors (Lipinski definition) is 4. The van der Waals surface area contributed by atoms with Gasteiger partial charge in [0.1, 0.15) is 10.6 Å². The maximum Gasteiger partial charge on any atom is 0.270 e. The summed E-state index contributed by atoms with van der Waals surface area (Å²) in [6.45, 7) is 2.13. The molecule has 1 aliphatic carbocycles. The number of nitrogens with one attached hydrogen (secondary N) is 1. The summed E-state index contributed by atoms with van der Waals surface area (Å²) in [5.41, 5.74) is 3.75. The van der Waals surface area contributed by atoms with Crippen LogP contribution >= 0.6 is 38.9 Å². The zero-order valence-electron chi connectivity index (χ0n) is 16.9. The number of H-pyrrole nitrogens is 1. The maximum absolute atomic E-state index is 13.2. The lowest BCUT2D eigenvalue weighted by Gasteiger charge is -2.29. The van der Waals surface area contributed by atoms with Crippen molar-refractivity contribution in [3.63, 3.8) is 0 Å². The Balaban J connectivity index is 1.32. The molecule has 1 saturated carbocycles. The van der Waals surface area contributed by atoms with E-state index in [1.165, 1.54) is 11.3 Å². The molecule has 0 saturated heterocycles. The van der Waals surface area contributed by atoms with Crippen molar-refractivity contribution in [2.75, 3.05) is 13.6 Å². The molecule has 3 aromatic heterocycles. The van der Waals surface area contributed by atoms with Gasteiger partial charge in [-0.25, -0.2) is 0 Å². The smallest absolute Gasteiger partial charge is 0.270 e. The van der Waals surface area contributed by atoms with Gasteiger partial charge in [-0.05, 0) is 52.4 Å². The van der Waals surface area contributed by atoms with Gasteiger partial charge >= 0.3 is 0 Å². The number of fused-ring (bicyclic) bond motifs is 1. The number of nitrogens with zero attached hydrogens (tertiary/aromatic N) is 4. The standard InChI is InChI=1S/C21H21BrClN5O2S/c1-26(21(30)19-15(23)8-17(22)31-19)10-13-9-25-28-7-6-27(11-16(13)28)20(29)18-14(4-5-24-18)12-2-3-12/h4-5,8-9,12,24H,2-3,6-7,10-11H2,1H3. The second-order valence-electron chi connectivity index (χ2n) is 8.04. The van der Waals surface area contributed by atoms with Gasteiger partial charge in [0.25, 0.3) is 11.8 Å². The van der Waals surface area contributed by atoms with Crippen molar-refractivity contribution >= 4 is 50.7 Å². The molecule has 31 heavy (non-hydrogen) atoms. The molecule has 0 radical (unpaired) electrons. The molecule has 2 amide bonds. The lowest BCUT2D eigenvalue weighted by atomic mass is 10.1. The third-order valence-electron chi connectivity index (χ3n) is 5.86. The second kappa shape index (κ2) is 8.11. The summed E-state index contributed by atoms with van der Waals surface area (Å²) in [6.07, 6.45) is 5.96. The van der Waals surface area contributed by atoms with E-state index in [1.54, 1.807) is 24.2 Å². The first-order valence-corrected chi connectivity index (χ1v) is 12.1. The van der Waals surface area contributed by atoms with Crippen LogP contribution in [-0.4, -0.2) is 50.0 Å². The third-order valence-corrected chi connectivity index (χ3v) is 7.90. The summed E-state index contributed by atoms with van der Waals surface area (Å²) in [7, 11) is 1.75. The summed E-state index contributed by atoms with van der Waals surface area (Å²) >= 11 is 10.9. The van der Waals surface area contributed by atoms with E-state index in [2.05, 4.69) is 26.0 Å². The van der Waals surface area contributed by atoms with E-state index in [0.717, 1.165) is 33.4 Å². The van der Waals surface area contributed by atoms with E-state index in [4.69, 9.17) is 11.6 Å². The third kappa shape index (κ3) is 3.94. The Hall–Kier alpha value is -2.10. The van der Waals surface area contributed by atoms with Crippen molar-refractivity contribution in [2.45, 2.75) is 38.4 Å². The van der Waals surface area contributed by atoms with Crippen molar-refractivity contribution in [3.8, 4) is 0 Å². The van der Waals surface area contributed by atoms with E-state index in [1.807, 2.05) is 21.8 Å². The van der Waals surface area contributed by atoms with Crippen LogP contribution in [0.1, 0.15) is 55.7 Å². The molecule has 1 N–H and O–H groups in total. The quantitative estimate of drug-likeness (QED) is 0.536. The monoisotopic (exact) mass is 521 g/mol. The number of aromatic amines is 1. The van der Waals surface area contributed by atoms with Crippen molar-refractivity contribution in [3.05, 3.63) is 60.7 Å². The van der Waals surface area contributed by atoms with Crippen molar-refractivity contribution < 1.29 is 9.59 Å². The van der Waals surface area contributed by atoms with Crippen LogP contribution in [0.2, 0.25) is 5.02 Å². The molecule has 0 spiro atoms. The van der Waals surface area contributed by atoms with Crippen LogP contribution in [0.15, 0.2) is 28.3 Å². The minimum Gasteiger partial charge on any atom is -0.357 e. The minimum absolute atomic E-state index is 0.0324. The average molecular weight is 523 g/mol. The summed E-state index contributed by atoms with van der Waals surface area (Å²) in [6, 6.07) is 3.76. The fourth-order valence-corrected chi connectivity index (χ4v) is 6.04. The molecule has 0 bridgehead atoms. The molecule has 2 aliphatic rings. The van der Waals surface area contributed by atoms with Gasteiger partial charge in [0.2, 0.25) is 0 Å². The second-order valence-corrected chi connectivity index (χ2v) is 10.9. The summed E-state index contributed by atoms with van der Waals surface area (Å²) < 4.78 is 2.75. The normalized spacial score (nSPS) is 15.8. The van der Waals surface area contributed by atoms with Gasteiger partial charge in [0, 0.05) is 31.9 Å². The SMILES string of the molecule is CN(Cc1cnn2c1CN(C(=O)c1[nH]ccc1C1CC1)CC2)C(=O)c1sc(Br)cc1Cl. The van der Waals surface area contributed by atoms with Crippen LogP contribution in [0.5, 0.6) is 0 Å². The largest absolute Gasteiger partial charge is 0.357 e. The van der Waals surface area contributed by atoms with E-state index in [9.17, 15) is 9.59 Å². The molecule has 3 aromatic rings. The molecule has 1 fully saturated rings. The summed E-state index contributed by atoms with van der Waals surface area (Å²) in [5.74, 6) is 0.412. The predicted octanol–water partition coefficient (Wildman–Crippen LogP) is 4.49. The fraction of sp³-hybridized carbons (Fsp3) is 0.381. The van der Waals surface area contributed by atoms with Crippen LogP contribution < -0.4 is 0 Å². The Labute approximate surface area is 197 Å². The molecule has 0 aromatic carbocycles. The highest BCUT2D eigenvalue weighted by molar-refractivity contribution is 9.11. The number of amides is 2. The lowest BCUT2D eigenvalue weighted by molar-refractivity contribution is 0.0694. The predicted molar refractivity (Wildman–Crippen MR) is 123 cm³/mol. The van der Waals surface area contributed by atoms with E-state index >= 15 is 0 Å². The van der Waals surface area contributed by atoms with Gasteiger partial charge in [-0.15, -0.1) is 11.3 Å². The van der Waals surface area contributed by atoms with Gasteiger partial charge in [-0.3, -0.25) is 14.3 Å². The molecule has 162 valence electrons. The van der Waals surface area contributed by atoms with Crippen LogP contribution in [0.4, 0.5) is 0 Å². The fourth-order valence-electron chi connectivity index (χ4n) is 4.05. The number of thiophene rings is 1. The number of carbonyl (C=O) groups excluding carboxylic acids is 2. The van der Waals surface area contributed by atoms with Crippen molar-refractivity contribution in [2.24, 2.45) is 0 Å². The van der Waals surface area contributed by atoms with Crippen molar-refractivity contribution in [1.82, 2.24) is 24.6 Å². The number of halogens is 2. The number of carbonyl (C=O) groups is 2. The van der Waals surface area contributed by atoms with Gasteiger partial charge < -0.3 is 14.8 Å². The zero-order chi connectivity index (χ0) is 21.7. The highest BCUT2D eigenvalue weighted by atomic mass is 79.9. The van der Waals surface area contributed by atoms with Crippen LogP contribution in [0, 0.1) is 0 Å². The Bertz CT molecular complexity index is 1160. The number of aromatic nitrogens is 3. The van der Waals surface area contributed by atoms with E-state index < -0.39 is 0 Å². The molecule has 4 heterocycles. The zero-order valence-corrected chi connectivity index (χ0v) is 20.1. The number of hydrogen-bond donors (Lipinski definition) is 1.